The zero-order chi connectivity index (χ0) is 17.7. The molecule has 0 aliphatic heterocycles. The number of H-pyrrole nitrogens is 1. The van der Waals surface area contributed by atoms with Crippen LogP contribution in [0.3, 0.4) is 0 Å². The highest BCUT2D eigenvalue weighted by Gasteiger charge is 2.20. The zero-order valence-corrected chi connectivity index (χ0v) is 13.9. The van der Waals surface area contributed by atoms with Crippen molar-refractivity contribution in [1.82, 2.24) is 4.98 Å². The van der Waals surface area contributed by atoms with Crippen molar-refractivity contribution in [2.45, 2.75) is 20.8 Å². The van der Waals surface area contributed by atoms with Crippen LogP contribution in [-0.2, 0) is 9.53 Å². The molecule has 5 nitrogen and oxygen atoms in total. The molecule has 0 radical (unpaired) electrons. The largest absolute Gasteiger partial charge is 0.454 e. The number of nitrogens with one attached hydrogen (secondary N) is 1. The monoisotopic (exact) mass is 325 g/mol. The number of aromatic amines is 1. The van der Waals surface area contributed by atoms with Gasteiger partial charge in [0.1, 0.15) is 0 Å². The number of carbonyl (C=O) groups excluding carboxylic acids is 3. The highest BCUT2D eigenvalue weighted by atomic mass is 16.5. The van der Waals surface area contributed by atoms with Crippen LogP contribution in [0.25, 0.3) is 6.08 Å². The fourth-order valence-electron chi connectivity index (χ4n) is 2.54. The van der Waals surface area contributed by atoms with Crippen LogP contribution in [0, 0.1) is 13.8 Å². The molecule has 24 heavy (non-hydrogen) atoms. The van der Waals surface area contributed by atoms with Gasteiger partial charge in [0.15, 0.2) is 12.4 Å². The van der Waals surface area contributed by atoms with Gasteiger partial charge in [-0.15, -0.1) is 0 Å². The fraction of sp³-hybridized carbons (Fsp3) is 0.211. The Labute approximate surface area is 140 Å². The lowest BCUT2D eigenvalue weighted by Gasteiger charge is -2.02. The molecule has 1 N–H and O–H groups in total. The minimum Gasteiger partial charge on any atom is -0.454 e. The van der Waals surface area contributed by atoms with Gasteiger partial charge >= 0.3 is 5.97 Å². The summed E-state index contributed by atoms with van der Waals surface area (Å²) >= 11 is 0. The van der Waals surface area contributed by atoms with E-state index in [0.717, 1.165) is 5.56 Å². The van der Waals surface area contributed by atoms with E-state index in [4.69, 9.17) is 4.74 Å². The summed E-state index contributed by atoms with van der Waals surface area (Å²) in [6.45, 7) is 4.50. The topological polar surface area (TPSA) is 76.2 Å². The molecule has 0 unspecified atom stereocenters. The summed E-state index contributed by atoms with van der Waals surface area (Å²) in [6, 6.07) is 9.30. The molecule has 2 aromatic rings. The number of hydrogen-bond acceptors (Lipinski definition) is 4. The number of ether oxygens (including phenoxy) is 1. The maximum atomic E-state index is 12.2. The molecule has 1 aromatic carbocycles. The van der Waals surface area contributed by atoms with Crippen molar-refractivity contribution in [2.75, 3.05) is 6.61 Å². The fourth-order valence-corrected chi connectivity index (χ4v) is 2.54. The van der Waals surface area contributed by atoms with Crippen LogP contribution in [0.15, 0.2) is 36.4 Å². The average Bonchev–Trinajstić information content (AvgIpc) is 2.86. The van der Waals surface area contributed by atoms with Crippen molar-refractivity contribution in [3.8, 4) is 0 Å². The van der Waals surface area contributed by atoms with Gasteiger partial charge in [-0.05, 0) is 38.0 Å². The van der Waals surface area contributed by atoms with Crippen molar-refractivity contribution in [3.05, 3.63) is 64.5 Å². The van der Waals surface area contributed by atoms with E-state index in [1.165, 1.54) is 13.0 Å². The van der Waals surface area contributed by atoms with Crippen LogP contribution in [0.2, 0.25) is 0 Å². The smallest absolute Gasteiger partial charge is 0.331 e. The molecule has 1 heterocycles. The zero-order valence-electron chi connectivity index (χ0n) is 13.9. The average molecular weight is 325 g/mol. The SMILES string of the molecule is CC(=O)c1c(C)[nH]c(C(=O)COC(=O)/C=C/c2ccccc2)c1C. The first kappa shape index (κ1) is 17.4. The van der Waals surface area contributed by atoms with Gasteiger partial charge < -0.3 is 9.72 Å². The van der Waals surface area contributed by atoms with Crippen molar-refractivity contribution in [2.24, 2.45) is 0 Å². The molecule has 0 fully saturated rings. The number of hydrogen-bond donors (Lipinski definition) is 1. The molecule has 0 spiro atoms. The molecule has 0 amide bonds. The molecule has 1 aromatic heterocycles. The first-order valence-electron chi connectivity index (χ1n) is 7.53. The molecule has 0 saturated carbocycles. The lowest BCUT2D eigenvalue weighted by atomic mass is 10.1. The Morgan fingerprint density at radius 3 is 2.38 bits per heavy atom. The molecule has 0 aliphatic rings. The quantitative estimate of drug-likeness (QED) is 0.502. The molecule has 0 atom stereocenters. The van der Waals surface area contributed by atoms with E-state index >= 15 is 0 Å². The van der Waals surface area contributed by atoms with Gasteiger partial charge in [0.2, 0.25) is 5.78 Å². The highest BCUT2D eigenvalue weighted by Crippen LogP contribution is 2.19. The standard InChI is InChI=1S/C19H19NO4/c1-12-18(14(3)21)13(2)20-19(12)16(22)11-24-17(23)10-9-15-7-5-4-6-8-15/h4-10,20H,11H2,1-3H3/b10-9+. The van der Waals surface area contributed by atoms with E-state index < -0.39 is 5.97 Å². The van der Waals surface area contributed by atoms with Crippen molar-refractivity contribution < 1.29 is 19.1 Å². The Balaban J connectivity index is 1.98. The van der Waals surface area contributed by atoms with Crippen LogP contribution in [-0.4, -0.2) is 29.1 Å². The Morgan fingerprint density at radius 1 is 1.12 bits per heavy atom. The number of ketones is 2. The molecular formula is C19H19NO4. The lowest BCUT2D eigenvalue weighted by Crippen LogP contribution is -2.14. The van der Waals surface area contributed by atoms with Gasteiger partial charge in [-0.25, -0.2) is 4.79 Å². The predicted molar refractivity (Wildman–Crippen MR) is 91.0 cm³/mol. The van der Waals surface area contributed by atoms with Gasteiger partial charge in [-0.3, -0.25) is 9.59 Å². The van der Waals surface area contributed by atoms with Crippen molar-refractivity contribution >= 4 is 23.6 Å². The van der Waals surface area contributed by atoms with E-state index in [1.54, 1.807) is 19.9 Å². The van der Waals surface area contributed by atoms with Crippen LogP contribution >= 0.6 is 0 Å². The number of aryl methyl sites for hydroxylation is 1. The first-order chi connectivity index (χ1) is 11.4. The number of esters is 1. The molecule has 2 rings (SSSR count). The minimum absolute atomic E-state index is 0.108. The second-order valence-electron chi connectivity index (χ2n) is 5.46. The van der Waals surface area contributed by atoms with Crippen LogP contribution in [0.4, 0.5) is 0 Å². The second kappa shape index (κ2) is 7.55. The third-order valence-electron chi connectivity index (χ3n) is 3.63. The lowest BCUT2D eigenvalue weighted by molar-refractivity contribution is -0.136. The van der Waals surface area contributed by atoms with Crippen molar-refractivity contribution in [1.29, 1.82) is 0 Å². The van der Waals surface area contributed by atoms with Gasteiger partial charge in [-0.2, -0.15) is 0 Å². The van der Waals surface area contributed by atoms with Crippen LogP contribution in [0.5, 0.6) is 0 Å². The molecule has 124 valence electrons. The van der Waals surface area contributed by atoms with Crippen LogP contribution < -0.4 is 0 Å². The first-order valence-corrected chi connectivity index (χ1v) is 7.53. The van der Waals surface area contributed by atoms with Crippen LogP contribution in [0.1, 0.15) is 44.6 Å². The summed E-state index contributed by atoms with van der Waals surface area (Å²) in [5, 5.41) is 0. The number of rotatable bonds is 6. The second-order valence-corrected chi connectivity index (χ2v) is 5.46. The van der Waals surface area contributed by atoms with E-state index in [2.05, 4.69) is 4.98 Å². The van der Waals surface area contributed by atoms with Gasteiger partial charge in [0, 0.05) is 17.3 Å². The summed E-state index contributed by atoms with van der Waals surface area (Å²) < 4.78 is 4.96. The summed E-state index contributed by atoms with van der Waals surface area (Å²) in [7, 11) is 0. The third-order valence-corrected chi connectivity index (χ3v) is 3.63. The molecule has 5 heteroatoms. The van der Waals surface area contributed by atoms with E-state index in [1.807, 2.05) is 30.3 Å². The summed E-state index contributed by atoms with van der Waals surface area (Å²) in [5.74, 6) is -1.08. The minimum atomic E-state index is -0.597. The summed E-state index contributed by atoms with van der Waals surface area (Å²) in [5.41, 5.74) is 2.90. The Hall–Kier alpha value is -2.95. The number of Topliss-reactive ketones (excluding diaryl/α,β-unsaturated/α-hetero) is 2. The van der Waals surface area contributed by atoms with E-state index in [0.29, 0.717) is 22.5 Å². The summed E-state index contributed by atoms with van der Waals surface area (Å²) in [4.78, 5) is 38.4. The normalized spacial score (nSPS) is 10.8. The van der Waals surface area contributed by atoms with Gasteiger partial charge in [0.25, 0.3) is 0 Å². The Kier molecular flexibility index (Phi) is 5.47. The molecule has 0 bridgehead atoms. The summed E-state index contributed by atoms with van der Waals surface area (Å²) in [6.07, 6.45) is 2.89. The molecule has 0 aliphatic carbocycles. The van der Waals surface area contributed by atoms with Gasteiger partial charge in [0.05, 0.1) is 5.69 Å². The van der Waals surface area contributed by atoms with E-state index in [-0.39, 0.29) is 18.2 Å². The number of aromatic nitrogens is 1. The molecular weight excluding hydrogens is 306 g/mol. The third kappa shape index (κ3) is 4.07. The van der Waals surface area contributed by atoms with Crippen molar-refractivity contribution in [3.63, 3.8) is 0 Å². The van der Waals surface area contributed by atoms with E-state index in [9.17, 15) is 14.4 Å². The highest BCUT2D eigenvalue weighted by molar-refractivity contribution is 6.04. The number of benzene rings is 1. The maximum absolute atomic E-state index is 12.2. The number of carbonyl (C=O) groups is 3. The molecule has 0 saturated heterocycles. The van der Waals surface area contributed by atoms with Gasteiger partial charge in [-0.1, -0.05) is 30.3 Å². The predicted octanol–water partition coefficient (Wildman–Crippen LogP) is 3.27. The maximum Gasteiger partial charge on any atom is 0.331 e. The Morgan fingerprint density at radius 2 is 1.79 bits per heavy atom. The Bertz CT molecular complexity index is 800.